The van der Waals surface area contributed by atoms with Crippen molar-refractivity contribution in [1.29, 1.82) is 0 Å². The molecule has 3 rings (SSSR count). The maximum Gasteiger partial charge on any atom is 0.311 e. The number of carbonyl (C=O) groups excluding carboxylic acids is 2. The highest BCUT2D eigenvalue weighted by molar-refractivity contribution is 7.99. The zero-order valence-corrected chi connectivity index (χ0v) is 19.1. The molecule has 31 heavy (non-hydrogen) atoms. The number of nitrogens with one attached hydrogen (secondary N) is 1. The molecule has 0 spiro atoms. The van der Waals surface area contributed by atoms with Gasteiger partial charge in [0.05, 0.1) is 24.5 Å². The van der Waals surface area contributed by atoms with Crippen molar-refractivity contribution in [3.8, 4) is 5.75 Å². The molecule has 3 aromatic rings. The third kappa shape index (κ3) is 6.79. The van der Waals surface area contributed by atoms with Crippen LogP contribution in [0.1, 0.15) is 24.0 Å². The van der Waals surface area contributed by atoms with Gasteiger partial charge in [0, 0.05) is 12.4 Å². The highest BCUT2D eigenvalue weighted by atomic mass is 32.2. The minimum absolute atomic E-state index is 0.0846. The molecule has 0 bridgehead atoms. The van der Waals surface area contributed by atoms with Crippen molar-refractivity contribution in [1.82, 2.24) is 19.7 Å². The van der Waals surface area contributed by atoms with E-state index in [-0.39, 0.29) is 30.7 Å². The predicted octanol–water partition coefficient (Wildman–Crippen LogP) is 3.00. The van der Waals surface area contributed by atoms with E-state index in [1.807, 2.05) is 38.2 Å². The fraction of sp³-hybridized carbons (Fsp3) is 0.350. The number of anilines is 1. The highest BCUT2D eigenvalue weighted by Gasteiger charge is 2.14. The Morgan fingerprint density at radius 1 is 1.29 bits per heavy atom. The third-order valence-corrected chi connectivity index (χ3v) is 5.87. The Kier molecular flexibility index (Phi) is 8.01. The molecule has 1 aromatic carbocycles. The minimum Gasteiger partial charge on any atom is -0.486 e. The Labute approximate surface area is 188 Å². The molecule has 0 aliphatic carbocycles. The van der Waals surface area contributed by atoms with Crippen LogP contribution in [0.3, 0.4) is 0 Å². The standard InChI is InChI=1S/C20H23N5O4S2/c1-4-28-18(27)9-14-11-30-19(21-14)22-17(26)12-31-20-24-23-16(25(20)3)10-29-15-7-5-6-13(2)8-15/h5-8,11H,4,9-10,12H2,1-3H3,(H,21,22,26). The van der Waals surface area contributed by atoms with E-state index in [1.165, 1.54) is 23.1 Å². The zero-order chi connectivity index (χ0) is 22.2. The van der Waals surface area contributed by atoms with Crippen LogP contribution in [0.5, 0.6) is 5.75 Å². The van der Waals surface area contributed by atoms with Gasteiger partial charge in [-0.3, -0.25) is 9.59 Å². The summed E-state index contributed by atoms with van der Waals surface area (Å²) in [6.07, 6.45) is 0.0846. The lowest BCUT2D eigenvalue weighted by Gasteiger charge is -2.07. The van der Waals surface area contributed by atoms with Crippen molar-refractivity contribution in [3.63, 3.8) is 0 Å². The van der Waals surface area contributed by atoms with E-state index in [0.29, 0.717) is 28.4 Å². The number of aryl methyl sites for hydroxylation is 1. The molecule has 0 aliphatic rings. The van der Waals surface area contributed by atoms with Crippen molar-refractivity contribution in [2.75, 3.05) is 17.7 Å². The fourth-order valence-electron chi connectivity index (χ4n) is 2.54. The van der Waals surface area contributed by atoms with Gasteiger partial charge in [-0.1, -0.05) is 23.9 Å². The first-order chi connectivity index (χ1) is 14.9. The van der Waals surface area contributed by atoms with Crippen molar-refractivity contribution in [2.45, 2.75) is 32.0 Å². The van der Waals surface area contributed by atoms with Crippen LogP contribution >= 0.6 is 23.1 Å². The van der Waals surface area contributed by atoms with Gasteiger partial charge in [-0.15, -0.1) is 21.5 Å². The quantitative estimate of drug-likeness (QED) is 0.363. The van der Waals surface area contributed by atoms with Gasteiger partial charge in [-0.25, -0.2) is 4.98 Å². The van der Waals surface area contributed by atoms with Gasteiger partial charge < -0.3 is 19.4 Å². The predicted molar refractivity (Wildman–Crippen MR) is 118 cm³/mol. The normalized spacial score (nSPS) is 10.7. The molecule has 1 amide bonds. The second-order valence-corrected chi connectivity index (χ2v) is 8.33. The fourth-order valence-corrected chi connectivity index (χ4v) is 4.00. The Hall–Kier alpha value is -2.92. The van der Waals surface area contributed by atoms with Crippen molar-refractivity contribution in [3.05, 3.63) is 46.7 Å². The Balaban J connectivity index is 1.47. The van der Waals surface area contributed by atoms with Crippen LogP contribution in [-0.4, -0.2) is 44.0 Å². The van der Waals surface area contributed by atoms with Gasteiger partial charge in [0.25, 0.3) is 0 Å². The van der Waals surface area contributed by atoms with Crippen LogP contribution < -0.4 is 10.1 Å². The lowest BCUT2D eigenvalue weighted by Crippen LogP contribution is -2.15. The lowest BCUT2D eigenvalue weighted by molar-refractivity contribution is -0.142. The second kappa shape index (κ2) is 10.9. The number of benzene rings is 1. The Morgan fingerprint density at radius 2 is 2.13 bits per heavy atom. The van der Waals surface area contributed by atoms with E-state index in [2.05, 4.69) is 20.5 Å². The molecule has 0 atom stereocenters. The molecule has 164 valence electrons. The molecule has 0 aliphatic heterocycles. The maximum atomic E-state index is 12.2. The van der Waals surface area contributed by atoms with Crippen molar-refractivity contribution < 1.29 is 19.1 Å². The monoisotopic (exact) mass is 461 g/mol. The molecular formula is C20H23N5O4S2. The van der Waals surface area contributed by atoms with Crippen LogP contribution in [0.4, 0.5) is 5.13 Å². The highest BCUT2D eigenvalue weighted by Crippen LogP contribution is 2.20. The number of nitrogens with zero attached hydrogens (tertiary/aromatic N) is 4. The van der Waals surface area contributed by atoms with E-state index in [9.17, 15) is 9.59 Å². The number of esters is 1. The maximum absolute atomic E-state index is 12.2. The van der Waals surface area contributed by atoms with E-state index >= 15 is 0 Å². The van der Waals surface area contributed by atoms with Crippen LogP contribution in [-0.2, 0) is 34.4 Å². The number of rotatable bonds is 10. The van der Waals surface area contributed by atoms with Gasteiger partial charge in [0.15, 0.2) is 16.1 Å². The minimum atomic E-state index is -0.342. The topological polar surface area (TPSA) is 108 Å². The molecule has 11 heteroatoms. The number of ether oxygens (including phenoxy) is 2. The molecule has 0 fully saturated rings. The number of thiazole rings is 1. The van der Waals surface area contributed by atoms with Crippen LogP contribution in [0.2, 0.25) is 0 Å². The molecule has 2 heterocycles. The first-order valence-corrected chi connectivity index (χ1v) is 11.4. The summed E-state index contributed by atoms with van der Waals surface area (Å²) in [5.41, 5.74) is 1.68. The smallest absolute Gasteiger partial charge is 0.311 e. The Bertz CT molecular complexity index is 1050. The van der Waals surface area contributed by atoms with E-state index in [0.717, 1.165) is 11.3 Å². The van der Waals surface area contributed by atoms with Gasteiger partial charge in [0.1, 0.15) is 12.4 Å². The summed E-state index contributed by atoms with van der Waals surface area (Å²) in [6.45, 7) is 4.36. The van der Waals surface area contributed by atoms with Crippen molar-refractivity contribution in [2.24, 2.45) is 7.05 Å². The number of hydrogen-bond acceptors (Lipinski definition) is 9. The number of hydrogen-bond donors (Lipinski definition) is 1. The summed E-state index contributed by atoms with van der Waals surface area (Å²) < 4.78 is 12.5. The average Bonchev–Trinajstić information content (AvgIpc) is 3.31. The third-order valence-electron chi connectivity index (χ3n) is 4.04. The molecule has 0 saturated carbocycles. The molecule has 9 nitrogen and oxygen atoms in total. The number of carbonyl (C=O) groups is 2. The van der Waals surface area contributed by atoms with Gasteiger partial charge in [0.2, 0.25) is 5.91 Å². The molecule has 0 unspecified atom stereocenters. The first kappa shape index (κ1) is 22.8. The van der Waals surface area contributed by atoms with E-state index < -0.39 is 0 Å². The van der Waals surface area contributed by atoms with Gasteiger partial charge in [-0.05, 0) is 31.5 Å². The first-order valence-electron chi connectivity index (χ1n) is 9.55. The summed E-state index contributed by atoms with van der Waals surface area (Å²) >= 11 is 2.53. The average molecular weight is 462 g/mol. The number of thioether (sulfide) groups is 1. The number of amides is 1. The number of aromatic nitrogens is 4. The van der Waals surface area contributed by atoms with Crippen molar-refractivity contribution >= 4 is 40.1 Å². The zero-order valence-electron chi connectivity index (χ0n) is 17.5. The second-order valence-electron chi connectivity index (χ2n) is 6.53. The lowest BCUT2D eigenvalue weighted by atomic mass is 10.2. The van der Waals surface area contributed by atoms with Crippen LogP contribution in [0, 0.1) is 6.92 Å². The summed E-state index contributed by atoms with van der Waals surface area (Å²) in [5.74, 6) is 1.01. The molecule has 0 saturated heterocycles. The van der Waals surface area contributed by atoms with Gasteiger partial charge >= 0.3 is 5.97 Å². The molecule has 1 N–H and O–H groups in total. The molecular weight excluding hydrogens is 438 g/mol. The van der Waals surface area contributed by atoms with Crippen LogP contribution in [0.25, 0.3) is 0 Å². The van der Waals surface area contributed by atoms with Gasteiger partial charge in [-0.2, -0.15) is 0 Å². The van der Waals surface area contributed by atoms with E-state index in [4.69, 9.17) is 9.47 Å². The van der Waals surface area contributed by atoms with E-state index in [1.54, 1.807) is 16.9 Å². The summed E-state index contributed by atoms with van der Waals surface area (Å²) in [5, 5.41) is 13.8. The summed E-state index contributed by atoms with van der Waals surface area (Å²) in [6, 6.07) is 7.78. The largest absolute Gasteiger partial charge is 0.486 e. The summed E-state index contributed by atoms with van der Waals surface area (Å²) in [4.78, 5) is 28.0. The molecule has 2 aromatic heterocycles. The molecule has 0 radical (unpaired) electrons. The summed E-state index contributed by atoms with van der Waals surface area (Å²) in [7, 11) is 1.83. The van der Waals surface area contributed by atoms with Crippen LogP contribution in [0.15, 0.2) is 34.8 Å². The SMILES string of the molecule is CCOC(=O)Cc1csc(NC(=O)CSc2nnc(COc3cccc(C)c3)n2C)n1. The Morgan fingerprint density at radius 3 is 2.90 bits per heavy atom.